The van der Waals surface area contributed by atoms with Crippen LogP contribution in [0.15, 0.2) is 53.6 Å². The molecule has 3 heterocycles. The number of ketones is 2. The zero-order valence-electron chi connectivity index (χ0n) is 39.2. The van der Waals surface area contributed by atoms with Crippen molar-refractivity contribution in [1.82, 2.24) is 4.90 Å². The minimum Gasteiger partial charge on any atom is -0.456 e. The summed E-state index contributed by atoms with van der Waals surface area (Å²) in [6.07, 6.45) is 4.96. The Morgan fingerprint density at radius 2 is 1.57 bits per heavy atom. The molecular weight excluding hydrogens is 807 g/mol. The number of aliphatic hydroxyl groups is 2. The lowest BCUT2D eigenvalue weighted by molar-refractivity contribution is -0.302. The number of hydrogen-bond acceptors (Lipinski definition) is 12. The van der Waals surface area contributed by atoms with E-state index in [-0.39, 0.29) is 55.6 Å². The molecule has 3 fully saturated rings. The molecule has 1 saturated carbocycles. The zero-order chi connectivity index (χ0) is 46.0. The second-order valence-corrected chi connectivity index (χ2v) is 18.9. The Morgan fingerprint density at radius 1 is 0.889 bits per heavy atom. The van der Waals surface area contributed by atoms with Crippen molar-refractivity contribution in [2.24, 2.45) is 29.6 Å². The summed E-state index contributed by atoms with van der Waals surface area (Å²) in [4.78, 5) is 58.3. The summed E-state index contributed by atoms with van der Waals surface area (Å²) in [5, 5.41) is 23.9. The van der Waals surface area contributed by atoms with Gasteiger partial charge in [-0.3, -0.25) is 14.4 Å². The molecule has 1 aromatic carbocycles. The number of cyclic esters (lactones) is 1. The van der Waals surface area contributed by atoms with Gasteiger partial charge in [0.15, 0.2) is 0 Å². The number of Topliss-reactive ketones (excluding diaryl/α,β-unsaturated/α-hetero) is 2. The van der Waals surface area contributed by atoms with Gasteiger partial charge in [-0.25, -0.2) is 4.79 Å². The summed E-state index contributed by atoms with van der Waals surface area (Å²) in [5.74, 6) is -7.40. The van der Waals surface area contributed by atoms with Crippen LogP contribution in [0.3, 0.4) is 0 Å². The van der Waals surface area contributed by atoms with Crippen molar-refractivity contribution >= 4 is 23.4 Å². The smallest absolute Gasteiger partial charge is 0.329 e. The number of fused-ring (bicyclic) bond motifs is 3. The van der Waals surface area contributed by atoms with Gasteiger partial charge < -0.3 is 43.5 Å². The van der Waals surface area contributed by atoms with Crippen LogP contribution in [0.1, 0.15) is 118 Å². The van der Waals surface area contributed by atoms with E-state index in [0.29, 0.717) is 50.7 Å². The number of carbonyl (C=O) groups excluding carboxylic acids is 4. The zero-order valence-corrected chi connectivity index (χ0v) is 39.2. The van der Waals surface area contributed by atoms with Gasteiger partial charge in [-0.15, -0.1) is 0 Å². The summed E-state index contributed by atoms with van der Waals surface area (Å²) in [5.41, 5.74) is 2.79. The van der Waals surface area contributed by atoms with E-state index in [1.165, 1.54) is 12.0 Å². The number of benzene rings is 1. The molecule has 0 aromatic heterocycles. The standard InChI is InChI=1S/C50H75NO12/c1-10-37-23-30(2)22-31(3)24-43(59-8)46-44(60-9)26-33(5)50(57,63-46)47(54)48(55)51-21-15-14-18-38(51)49(56)62-45(34(6)39(52)28-40(37)53)32(4)25-36-19-20-41(42(27-36)58-7)61-29-35-16-12-11-13-17-35/h11-13,16-17,23,25,31,33-34,36-39,41-46,52,57H,10,14-15,18-22,24,26-29H2,1-9H3/b30-23+,32-25+/t31-,33+,34+,36-,37+,38-,39-,41+,42+,43?,44-,45+,46+,50+/m0/s1. The Hall–Kier alpha value is -3.30. The molecule has 0 spiro atoms. The summed E-state index contributed by atoms with van der Waals surface area (Å²) >= 11 is 0. The number of allylic oxidation sites excluding steroid dienone is 3. The molecule has 13 nitrogen and oxygen atoms in total. The number of rotatable bonds is 9. The lowest BCUT2D eigenvalue weighted by Crippen LogP contribution is -2.64. The molecule has 2 N–H and O–H groups in total. The van der Waals surface area contributed by atoms with Crippen molar-refractivity contribution in [2.75, 3.05) is 27.9 Å². The average Bonchev–Trinajstić information content (AvgIpc) is 3.28. The van der Waals surface area contributed by atoms with Gasteiger partial charge in [0.2, 0.25) is 5.79 Å². The van der Waals surface area contributed by atoms with Crippen molar-refractivity contribution in [3.8, 4) is 0 Å². The van der Waals surface area contributed by atoms with Crippen LogP contribution < -0.4 is 0 Å². The Bertz CT molecular complexity index is 1750. The van der Waals surface area contributed by atoms with Crippen LogP contribution in [0.2, 0.25) is 0 Å². The number of amides is 1. The number of ether oxygens (including phenoxy) is 6. The molecule has 5 rings (SSSR count). The number of piperidine rings is 1. The summed E-state index contributed by atoms with van der Waals surface area (Å²) in [6.45, 7) is 11.9. The number of esters is 1. The van der Waals surface area contributed by atoms with E-state index < -0.39 is 77.8 Å². The second-order valence-electron chi connectivity index (χ2n) is 18.9. The highest BCUT2D eigenvalue weighted by Gasteiger charge is 2.56. The van der Waals surface area contributed by atoms with E-state index in [9.17, 15) is 29.4 Å². The van der Waals surface area contributed by atoms with E-state index in [4.69, 9.17) is 28.4 Å². The third-order valence-corrected chi connectivity index (χ3v) is 14.2. The molecule has 352 valence electrons. The molecule has 0 radical (unpaired) electrons. The lowest BCUT2D eigenvalue weighted by Gasteiger charge is -2.47. The van der Waals surface area contributed by atoms with Crippen molar-refractivity contribution in [2.45, 2.75) is 173 Å². The van der Waals surface area contributed by atoms with E-state index in [1.807, 2.05) is 57.2 Å². The molecule has 2 saturated heterocycles. The van der Waals surface area contributed by atoms with Crippen LogP contribution in [0.25, 0.3) is 0 Å². The molecule has 14 atom stereocenters. The fourth-order valence-electron chi connectivity index (χ4n) is 10.3. The van der Waals surface area contributed by atoms with Crippen molar-refractivity contribution in [3.63, 3.8) is 0 Å². The first-order chi connectivity index (χ1) is 30.0. The molecule has 3 aliphatic heterocycles. The molecular formula is C50H75NO12. The number of aliphatic hydroxyl groups excluding tert-OH is 1. The highest BCUT2D eigenvalue weighted by molar-refractivity contribution is 6.39. The van der Waals surface area contributed by atoms with Gasteiger partial charge in [-0.2, -0.15) is 0 Å². The minimum atomic E-state index is -2.50. The third-order valence-electron chi connectivity index (χ3n) is 14.2. The predicted molar refractivity (Wildman–Crippen MR) is 237 cm³/mol. The molecule has 1 aliphatic carbocycles. The van der Waals surface area contributed by atoms with Gasteiger partial charge in [0.1, 0.15) is 24.0 Å². The monoisotopic (exact) mass is 882 g/mol. The first-order valence-corrected chi connectivity index (χ1v) is 23.3. The number of carbonyl (C=O) groups is 4. The third kappa shape index (κ3) is 12.5. The SMILES string of the molecule is CC[C@@H]1/C=C(\C)C[C@H](C)CC(OC)[C@H]2O[C@@](O)(C(=O)C(=O)N3CCCC[C@H]3C(=O)O[C@H](/C(C)=C/[C@@H]3CC[C@@H](OCc4ccccc4)[C@H](OC)C3)[C@H](C)[C@@H](O)CC1=O)[C@H](C)C[C@@H]2OC. The van der Waals surface area contributed by atoms with Crippen molar-refractivity contribution < 1.29 is 57.8 Å². The maximum atomic E-state index is 14.5. The van der Waals surface area contributed by atoms with E-state index in [0.717, 1.165) is 24.0 Å². The minimum absolute atomic E-state index is 0.0354. The maximum absolute atomic E-state index is 14.5. The predicted octanol–water partition coefficient (Wildman–Crippen LogP) is 6.70. The molecule has 1 amide bonds. The first kappa shape index (κ1) is 50.7. The van der Waals surface area contributed by atoms with Crippen LogP contribution in [0.4, 0.5) is 0 Å². The normalized spacial score (nSPS) is 38.2. The molecule has 13 heteroatoms. The van der Waals surface area contributed by atoms with Crippen LogP contribution in [-0.4, -0.2) is 121 Å². The van der Waals surface area contributed by atoms with E-state index >= 15 is 0 Å². The number of hydrogen-bond donors (Lipinski definition) is 2. The molecule has 2 bridgehead atoms. The first-order valence-electron chi connectivity index (χ1n) is 23.3. The lowest BCUT2D eigenvalue weighted by atomic mass is 9.81. The molecule has 63 heavy (non-hydrogen) atoms. The molecule has 1 unspecified atom stereocenters. The summed E-state index contributed by atoms with van der Waals surface area (Å²) in [7, 11) is 4.76. The van der Waals surface area contributed by atoms with Gasteiger partial charge in [0, 0.05) is 52.0 Å². The van der Waals surface area contributed by atoms with Gasteiger partial charge >= 0.3 is 5.97 Å². The van der Waals surface area contributed by atoms with Crippen molar-refractivity contribution in [3.05, 3.63) is 59.2 Å². The van der Waals surface area contributed by atoms with Crippen molar-refractivity contribution in [1.29, 1.82) is 0 Å². The number of nitrogens with zero attached hydrogens (tertiary/aromatic N) is 1. The summed E-state index contributed by atoms with van der Waals surface area (Å²) < 4.78 is 36.7. The topological polar surface area (TPSA) is 167 Å². The second kappa shape index (κ2) is 23.2. The van der Waals surface area contributed by atoms with Crippen LogP contribution in [0.5, 0.6) is 0 Å². The van der Waals surface area contributed by atoms with Gasteiger partial charge in [-0.05, 0) is 101 Å². The Morgan fingerprint density at radius 3 is 2.24 bits per heavy atom. The fourth-order valence-corrected chi connectivity index (χ4v) is 10.3. The van der Waals surface area contributed by atoms with E-state index in [1.54, 1.807) is 28.1 Å². The van der Waals surface area contributed by atoms with E-state index in [2.05, 4.69) is 13.0 Å². The average molecular weight is 882 g/mol. The summed E-state index contributed by atoms with van der Waals surface area (Å²) in [6, 6.07) is 8.88. The van der Waals surface area contributed by atoms with Gasteiger partial charge in [0.05, 0.1) is 37.1 Å². The Labute approximate surface area is 375 Å². The quantitative estimate of drug-likeness (QED) is 0.153. The molecule has 1 aromatic rings. The van der Waals surface area contributed by atoms with Gasteiger partial charge in [-0.1, -0.05) is 75.8 Å². The van der Waals surface area contributed by atoms with Gasteiger partial charge in [0.25, 0.3) is 11.7 Å². The molecule has 4 aliphatic rings. The maximum Gasteiger partial charge on any atom is 0.329 e. The Kier molecular flexibility index (Phi) is 18.7. The van der Waals surface area contributed by atoms with Crippen LogP contribution in [-0.2, 0) is 54.2 Å². The fraction of sp³-hybridized carbons (Fsp3) is 0.720. The van der Waals surface area contributed by atoms with Crippen LogP contribution in [0, 0.1) is 29.6 Å². The number of methoxy groups -OCH3 is 3. The largest absolute Gasteiger partial charge is 0.456 e. The Balaban J connectivity index is 1.47. The highest BCUT2D eigenvalue weighted by Crippen LogP contribution is 2.39. The van der Waals surface area contributed by atoms with Crippen LogP contribution >= 0.6 is 0 Å². The highest BCUT2D eigenvalue weighted by atomic mass is 16.7.